The number of nitrogens with one attached hydrogen (secondary N) is 1. The Balaban J connectivity index is 1.50. The van der Waals surface area contributed by atoms with Gasteiger partial charge in [-0.15, -0.1) is 10.2 Å². The summed E-state index contributed by atoms with van der Waals surface area (Å²) >= 11 is 0. The smallest absolute Gasteiger partial charge is 0.271 e. The van der Waals surface area contributed by atoms with Crippen LogP contribution in [0.5, 0.6) is 5.75 Å². The summed E-state index contributed by atoms with van der Waals surface area (Å²) in [7, 11) is 3.43. The Kier molecular flexibility index (Phi) is 5.58. The maximum Gasteiger partial charge on any atom is 0.271 e. The van der Waals surface area contributed by atoms with Crippen LogP contribution >= 0.6 is 0 Å². The molecule has 0 radical (unpaired) electrons. The van der Waals surface area contributed by atoms with Gasteiger partial charge in [-0.25, -0.2) is 4.39 Å². The second-order valence-corrected chi connectivity index (χ2v) is 7.11. The van der Waals surface area contributed by atoms with Crippen LogP contribution in [-0.4, -0.2) is 29.5 Å². The van der Waals surface area contributed by atoms with E-state index in [4.69, 9.17) is 13.7 Å². The minimum Gasteiger partial charge on any atom is -0.494 e. The SMILES string of the molecule is COc1ccc(C[NH+](C)Cc2nnc(-c3c(-c4ccccc4)noc3C)o2)cc1F. The van der Waals surface area contributed by atoms with E-state index >= 15 is 0 Å². The second kappa shape index (κ2) is 8.46. The molecule has 1 N–H and O–H groups in total. The van der Waals surface area contributed by atoms with Crippen molar-refractivity contribution < 1.29 is 23.0 Å². The summed E-state index contributed by atoms with van der Waals surface area (Å²) in [4.78, 5) is 1.07. The molecule has 1 atom stereocenters. The molecule has 2 aromatic heterocycles. The number of aromatic nitrogens is 3. The van der Waals surface area contributed by atoms with E-state index in [-0.39, 0.29) is 11.6 Å². The largest absolute Gasteiger partial charge is 0.494 e. The van der Waals surface area contributed by atoms with Gasteiger partial charge in [-0.2, -0.15) is 0 Å². The lowest BCUT2D eigenvalue weighted by atomic mass is 10.1. The molecule has 2 heterocycles. The molecule has 2 aromatic carbocycles. The molecule has 4 aromatic rings. The zero-order valence-electron chi connectivity index (χ0n) is 17.0. The summed E-state index contributed by atoms with van der Waals surface area (Å²) in [5.74, 6) is 1.32. The molecule has 30 heavy (non-hydrogen) atoms. The summed E-state index contributed by atoms with van der Waals surface area (Å²) in [6.45, 7) is 2.90. The molecule has 0 bridgehead atoms. The van der Waals surface area contributed by atoms with Gasteiger partial charge in [-0.3, -0.25) is 0 Å². The van der Waals surface area contributed by atoms with Gasteiger partial charge in [0.1, 0.15) is 23.6 Å². The maximum absolute atomic E-state index is 13.9. The van der Waals surface area contributed by atoms with Gasteiger partial charge in [0, 0.05) is 11.1 Å². The molecule has 4 rings (SSSR count). The highest BCUT2D eigenvalue weighted by molar-refractivity contribution is 5.77. The van der Waals surface area contributed by atoms with E-state index in [0.29, 0.717) is 41.9 Å². The average molecular weight is 409 g/mol. The Hall–Kier alpha value is -3.52. The summed E-state index contributed by atoms with van der Waals surface area (Å²) in [6.07, 6.45) is 0. The van der Waals surface area contributed by atoms with Crippen LogP contribution in [0, 0.1) is 12.7 Å². The van der Waals surface area contributed by atoms with Gasteiger partial charge >= 0.3 is 0 Å². The molecule has 0 spiro atoms. The van der Waals surface area contributed by atoms with Gasteiger partial charge < -0.3 is 18.6 Å². The lowest BCUT2D eigenvalue weighted by molar-refractivity contribution is -0.909. The Bertz CT molecular complexity index is 1140. The van der Waals surface area contributed by atoms with Crippen LogP contribution in [-0.2, 0) is 13.1 Å². The van der Waals surface area contributed by atoms with E-state index in [1.54, 1.807) is 6.07 Å². The minimum atomic E-state index is -0.376. The second-order valence-electron chi connectivity index (χ2n) is 7.11. The monoisotopic (exact) mass is 409 g/mol. The number of halogens is 1. The molecule has 0 aliphatic heterocycles. The third-order valence-electron chi connectivity index (χ3n) is 4.77. The van der Waals surface area contributed by atoms with Gasteiger partial charge in [0.2, 0.25) is 0 Å². The van der Waals surface area contributed by atoms with Crippen molar-refractivity contribution in [3.05, 3.63) is 71.6 Å². The Morgan fingerprint density at radius 2 is 1.87 bits per heavy atom. The number of hydrogen-bond acceptors (Lipinski definition) is 6. The number of methoxy groups -OCH3 is 1. The van der Waals surface area contributed by atoms with Crippen molar-refractivity contribution in [3.8, 4) is 28.5 Å². The van der Waals surface area contributed by atoms with Crippen molar-refractivity contribution in [2.45, 2.75) is 20.0 Å². The van der Waals surface area contributed by atoms with Crippen LogP contribution in [0.15, 0.2) is 57.5 Å². The molecule has 0 amide bonds. The first-order chi connectivity index (χ1) is 14.5. The maximum atomic E-state index is 13.9. The predicted octanol–water partition coefficient (Wildman–Crippen LogP) is 3.06. The van der Waals surface area contributed by atoms with Crippen LogP contribution in [0.4, 0.5) is 4.39 Å². The number of ether oxygens (including phenoxy) is 1. The first kappa shape index (κ1) is 19.8. The van der Waals surface area contributed by atoms with Crippen molar-refractivity contribution in [1.29, 1.82) is 0 Å². The van der Waals surface area contributed by atoms with Crippen molar-refractivity contribution in [3.63, 3.8) is 0 Å². The third-order valence-corrected chi connectivity index (χ3v) is 4.77. The fraction of sp³-hybridized carbons (Fsp3) is 0.227. The number of nitrogens with zero attached hydrogens (tertiary/aromatic N) is 3. The number of hydrogen-bond donors (Lipinski definition) is 1. The molecule has 1 unspecified atom stereocenters. The van der Waals surface area contributed by atoms with Crippen LogP contribution in [0.1, 0.15) is 17.2 Å². The molecule has 8 heteroatoms. The first-order valence-electron chi connectivity index (χ1n) is 9.53. The molecule has 0 aliphatic rings. The molecule has 7 nitrogen and oxygen atoms in total. The average Bonchev–Trinajstić information content (AvgIpc) is 3.34. The van der Waals surface area contributed by atoms with E-state index in [1.807, 2.05) is 50.4 Å². The fourth-order valence-corrected chi connectivity index (χ4v) is 3.33. The molecule has 0 fully saturated rings. The number of aryl methyl sites for hydroxylation is 1. The molecular weight excluding hydrogens is 387 g/mol. The van der Waals surface area contributed by atoms with Crippen LogP contribution < -0.4 is 9.64 Å². The highest BCUT2D eigenvalue weighted by Crippen LogP contribution is 2.33. The predicted molar refractivity (Wildman–Crippen MR) is 107 cm³/mol. The zero-order valence-corrected chi connectivity index (χ0v) is 17.0. The van der Waals surface area contributed by atoms with E-state index < -0.39 is 0 Å². The van der Waals surface area contributed by atoms with Crippen LogP contribution in [0.25, 0.3) is 22.7 Å². The normalized spacial score (nSPS) is 12.1. The van der Waals surface area contributed by atoms with Gasteiger partial charge in [0.05, 0.1) is 14.2 Å². The highest BCUT2D eigenvalue weighted by atomic mass is 19.1. The molecule has 0 saturated heterocycles. The van der Waals surface area contributed by atoms with E-state index in [2.05, 4.69) is 15.4 Å². The van der Waals surface area contributed by atoms with Crippen molar-refractivity contribution in [2.24, 2.45) is 0 Å². The molecular formula is C22H22FN4O3+. The van der Waals surface area contributed by atoms with Gasteiger partial charge in [-0.1, -0.05) is 35.5 Å². The van der Waals surface area contributed by atoms with E-state index in [9.17, 15) is 4.39 Å². The van der Waals surface area contributed by atoms with Crippen molar-refractivity contribution in [1.82, 2.24) is 15.4 Å². The van der Waals surface area contributed by atoms with Gasteiger partial charge in [-0.05, 0) is 25.1 Å². The summed E-state index contributed by atoms with van der Waals surface area (Å²) in [5.41, 5.74) is 3.12. The van der Waals surface area contributed by atoms with E-state index in [1.165, 1.54) is 13.2 Å². The van der Waals surface area contributed by atoms with Crippen molar-refractivity contribution in [2.75, 3.05) is 14.2 Å². The Labute approximate surface area is 173 Å². The summed E-state index contributed by atoms with van der Waals surface area (Å²) in [6, 6.07) is 14.7. The van der Waals surface area contributed by atoms with E-state index in [0.717, 1.165) is 16.0 Å². The van der Waals surface area contributed by atoms with Gasteiger partial charge in [0.25, 0.3) is 11.8 Å². The third kappa shape index (κ3) is 4.08. The lowest BCUT2D eigenvalue weighted by Crippen LogP contribution is -3.06. The van der Waals surface area contributed by atoms with Crippen LogP contribution in [0.3, 0.4) is 0 Å². The van der Waals surface area contributed by atoms with Crippen molar-refractivity contribution >= 4 is 0 Å². The Morgan fingerprint density at radius 1 is 1.07 bits per heavy atom. The quantitative estimate of drug-likeness (QED) is 0.505. The minimum absolute atomic E-state index is 0.233. The number of quaternary nitrogens is 1. The summed E-state index contributed by atoms with van der Waals surface area (Å²) < 4.78 is 30.2. The number of rotatable bonds is 7. The van der Waals surface area contributed by atoms with Gasteiger partial charge in [0.15, 0.2) is 18.1 Å². The standard InChI is InChI=1S/C22H21FN4O3/c1-14-20(21(26-30-14)16-7-5-4-6-8-16)22-25-24-19(29-22)13-27(2)12-15-9-10-18(28-3)17(23)11-15/h4-11H,12-13H2,1-3H3/p+1. The Morgan fingerprint density at radius 3 is 2.60 bits per heavy atom. The number of benzene rings is 2. The lowest BCUT2D eigenvalue weighted by Gasteiger charge is -2.12. The topological polar surface area (TPSA) is 78.6 Å². The molecule has 0 saturated carbocycles. The zero-order chi connectivity index (χ0) is 21.1. The molecule has 154 valence electrons. The highest BCUT2D eigenvalue weighted by Gasteiger charge is 2.22. The molecule has 0 aliphatic carbocycles. The fourth-order valence-electron chi connectivity index (χ4n) is 3.33. The van der Waals surface area contributed by atoms with Crippen LogP contribution in [0.2, 0.25) is 0 Å². The summed E-state index contributed by atoms with van der Waals surface area (Å²) in [5, 5.41) is 12.5. The first-order valence-corrected chi connectivity index (χ1v) is 9.53.